The maximum atomic E-state index is 12.3. The molecule has 0 fully saturated rings. The molecule has 0 bridgehead atoms. The number of primary sulfonamides is 1. The van der Waals surface area contributed by atoms with Crippen molar-refractivity contribution in [1.82, 2.24) is 5.32 Å². The molecular weight excluding hydrogens is 388 g/mol. The maximum absolute atomic E-state index is 12.3. The van der Waals surface area contributed by atoms with Crippen molar-refractivity contribution >= 4 is 31.2 Å². The zero-order valence-corrected chi connectivity index (χ0v) is 14.6. The Balaban J connectivity index is 2.57. The summed E-state index contributed by atoms with van der Waals surface area (Å²) in [5.41, 5.74) is -0.140. The summed E-state index contributed by atoms with van der Waals surface area (Å²) in [5.74, 6) is -7.56. The highest BCUT2D eigenvalue weighted by atomic mass is 32.3. The molecule has 0 aromatic carbocycles. The van der Waals surface area contributed by atoms with Crippen LogP contribution >= 0.6 is 11.3 Å². The monoisotopic (exact) mass is 404 g/mol. The molecule has 138 valence electrons. The van der Waals surface area contributed by atoms with Crippen LogP contribution in [0.5, 0.6) is 0 Å². The third-order valence-electron chi connectivity index (χ3n) is 3.56. The molecule has 1 aromatic heterocycles. The van der Waals surface area contributed by atoms with Crippen molar-refractivity contribution in [2.24, 2.45) is 5.14 Å². The van der Waals surface area contributed by atoms with Crippen molar-refractivity contribution in [2.75, 3.05) is 0 Å². The largest absolute Gasteiger partial charge is 0.348 e. The lowest BCUT2D eigenvalue weighted by atomic mass is 10.0. The molecule has 11 nitrogen and oxygen atoms in total. The van der Waals surface area contributed by atoms with E-state index >= 15 is 0 Å². The standard InChI is InChI=1S/C10H16N2O9S3/c1-4-2-6(12-9(13,14)10(15,16)17)5-3-7(24(11,20)21)22-8(5)23(4,18)19/h3-4,6,12-17H,2H2,1H3,(H2,11,20,21). The number of hydrogen-bond acceptors (Lipinski definition) is 11. The highest BCUT2D eigenvalue weighted by Crippen LogP contribution is 2.43. The predicted octanol–water partition coefficient (Wildman–Crippen LogP) is -3.14. The van der Waals surface area contributed by atoms with Crippen molar-refractivity contribution in [3.8, 4) is 0 Å². The number of sulfonamides is 1. The molecule has 2 heterocycles. The Morgan fingerprint density at radius 3 is 2.29 bits per heavy atom. The molecule has 1 aromatic rings. The predicted molar refractivity (Wildman–Crippen MR) is 79.4 cm³/mol. The van der Waals surface area contributed by atoms with Gasteiger partial charge in [-0.15, -0.1) is 11.3 Å². The first-order valence-electron chi connectivity index (χ1n) is 6.37. The Labute approximate surface area is 141 Å². The number of thiophene rings is 1. The minimum atomic E-state index is -4.21. The van der Waals surface area contributed by atoms with Crippen molar-refractivity contribution < 1.29 is 42.4 Å². The summed E-state index contributed by atoms with van der Waals surface area (Å²) >= 11 is 0.399. The SMILES string of the molecule is CC1CC(NC(O)(O)C(O)(O)O)c2cc(S(N)(=O)=O)sc2S1(=O)=O. The van der Waals surface area contributed by atoms with Gasteiger partial charge in [0.15, 0.2) is 9.84 Å². The lowest BCUT2D eigenvalue weighted by Gasteiger charge is -2.36. The second-order valence-corrected chi connectivity index (χ2v) is 10.9. The van der Waals surface area contributed by atoms with Crippen molar-refractivity contribution in [3.05, 3.63) is 11.6 Å². The van der Waals surface area contributed by atoms with Crippen LogP contribution in [0.2, 0.25) is 0 Å². The normalized spacial score (nSPS) is 24.6. The lowest BCUT2D eigenvalue weighted by molar-refractivity contribution is -0.457. The average Bonchev–Trinajstić information content (AvgIpc) is 2.80. The van der Waals surface area contributed by atoms with Crippen LogP contribution in [0.4, 0.5) is 0 Å². The van der Waals surface area contributed by atoms with Crippen LogP contribution in [0.15, 0.2) is 14.5 Å². The number of nitrogens with one attached hydrogen (secondary N) is 1. The fourth-order valence-electron chi connectivity index (χ4n) is 2.22. The third-order valence-corrected chi connectivity index (χ3v) is 8.87. The van der Waals surface area contributed by atoms with Gasteiger partial charge in [-0.25, -0.2) is 22.0 Å². The molecule has 2 unspecified atom stereocenters. The second-order valence-electron chi connectivity index (χ2n) is 5.45. The number of hydrogen-bond donors (Lipinski definition) is 7. The smallest absolute Gasteiger partial charge is 0.347 e. The summed E-state index contributed by atoms with van der Waals surface area (Å²) in [4.78, 5) is 0. The molecule has 1 aliphatic rings. The molecule has 2 atom stereocenters. The van der Waals surface area contributed by atoms with Crippen LogP contribution in [0, 0.1) is 0 Å². The Bertz CT molecular complexity index is 851. The van der Waals surface area contributed by atoms with Gasteiger partial charge in [-0.3, -0.25) is 5.32 Å². The second kappa shape index (κ2) is 5.66. The Hall–Kier alpha value is -0.680. The van der Waals surface area contributed by atoms with Crippen LogP contribution < -0.4 is 10.5 Å². The third kappa shape index (κ3) is 3.34. The summed E-state index contributed by atoms with van der Waals surface area (Å²) in [6.45, 7) is 1.31. The van der Waals surface area contributed by atoms with E-state index in [4.69, 9.17) is 20.5 Å². The molecule has 0 radical (unpaired) electrons. The van der Waals surface area contributed by atoms with Gasteiger partial charge >= 0.3 is 11.9 Å². The molecule has 0 aliphatic carbocycles. The quantitative estimate of drug-likeness (QED) is 0.251. The van der Waals surface area contributed by atoms with E-state index in [1.165, 1.54) is 6.92 Å². The van der Waals surface area contributed by atoms with Gasteiger partial charge in [-0.1, -0.05) is 0 Å². The van der Waals surface area contributed by atoms with E-state index in [2.05, 4.69) is 0 Å². The number of fused-ring (bicyclic) bond motifs is 1. The summed E-state index contributed by atoms with van der Waals surface area (Å²) in [6.07, 6.45) is -0.255. The molecule has 2 rings (SSSR count). The summed E-state index contributed by atoms with van der Waals surface area (Å²) in [7, 11) is -8.08. The number of nitrogens with two attached hydrogens (primary N) is 1. The lowest BCUT2D eigenvalue weighted by Crippen LogP contribution is -2.64. The minimum absolute atomic E-state index is 0.140. The number of sulfone groups is 1. The van der Waals surface area contributed by atoms with E-state index in [1.54, 1.807) is 0 Å². The molecular formula is C10H16N2O9S3. The molecule has 0 amide bonds. The molecule has 1 aliphatic heterocycles. The summed E-state index contributed by atoms with van der Waals surface area (Å²) in [5, 5.41) is 51.7. The van der Waals surface area contributed by atoms with Gasteiger partial charge in [0.1, 0.15) is 8.42 Å². The zero-order valence-electron chi connectivity index (χ0n) is 12.1. The maximum Gasteiger partial charge on any atom is 0.348 e. The van der Waals surface area contributed by atoms with E-state index in [0.29, 0.717) is 11.3 Å². The molecule has 8 N–H and O–H groups in total. The zero-order chi connectivity index (χ0) is 18.7. The number of rotatable bonds is 4. The van der Waals surface area contributed by atoms with Crippen LogP contribution in [0.3, 0.4) is 0 Å². The first-order chi connectivity index (χ1) is 10.6. The molecule has 0 spiro atoms. The van der Waals surface area contributed by atoms with Crippen LogP contribution in [-0.2, 0) is 19.9 Å². The van der Waals surface area contributed by atoms with Crippen molar-refractivity contribution in [2.45, 2.75) is 44.9 Å². The average molecular weight is 404 g/mol. The van der Waals surface area contributed by atoms with Crippen LogP contribution in [-0.4, -0.2) is 59.5 Å². The van der Waals surface area contributed by atoms with Crippen molar-refractivity contribution in [3.63, 3.8) is 0 Å². The van der Waals surface area contributed by atoms with E-state index in [9.17, 15) is 27.0 Å². The van der Waals surface area contributed by atoms with Crippen LogP contribution in [0.25, 0.3) is 0 Å². The molecule has 14 heteroatoms. The van der Waals surface area contributed by atoms with Gasteiger partial charge in [-0.05, 0) is 19.4 Å². The van der Waals surface area contributed by atoms with E-state index in [0.717, 1.165) is 6.07 Å². The molecule has 0 saturated heterocycles. The molecule has 24 heavy (non-hydrogen) atoms. The first kappa shape index (κ1) is 19.6. The highest BCUT2D eigenvalue weighted by Gasteiger charge is 2.50. The fraction of sp³-hybridized carbons (Fsp3) is 0.600. The van der Waals surface area contributed by atoms with E-state index in [-0.39, 0.29) is 16.2 Å². The summed E-state index contributed by atoms with van der Waals surface area (Å²) < 4.78 is 46.7. The van der Waals surface area contributed by atoms with Gasteiger partial charge in [0, 0.05) is 11.6 Å². The van der Waals surface area contributed by atoms with Gasteiger partial charge < -0.3 is 25.5 Å². The number of aliphatic hydroxyl groups is 5. The van der Waals surface area contributed by atoms with Crippen molar-refractivity contribution in [1.29, 1.82) is 0 Å². The topological polar surface area (TPSA) is 207 Å². The Morgan fingerprint density at radius 2 is 1.83 bits per heavy atom. The van der Waals surface area contributed by atoms with Gasteiger partial charge in [0.25, 0.3) is 0 Å². The van der Waals surface area contributed by atoms with E-state index in [1.807, 2.05) is 5.32 Å². The fourth-order valence-corrected chi connectivity index (χ4v) is 6.64. The minimum Gasteiger partial charge on any atom is -0.347 e. The van der Waals surface area contributed by atoms with E-state index < -0.39 is 47.2 Å². The first-order valence-corrected chi connectivity index (χ1v) is 10.3. The van der Waals surface area contributed by atoms with Gasteiger partial charge in [0.05, 0.1) is 5.25 Å². The Kier molecular flexibility index (Phi) is 4.64. The summed E-state index contributed by atoms with van der Waals surface area (Å²) in [6, 6.07) is -0.272. The van der Waals surface area contributed by atoms with Gasteiger partial charge in [0.2, 0.25) is 10.0 Å². The van der Waals surface area contributed by atoms with Crippen LogP contribution in [0.1, 0.15) is 24.9 Å². The Morgan fingerprint density at radius 1 is 1.29 bits per heavy atom. The highest BCUT2D eigenvalue weighted by molar-refractivity contribution is 7.95. The van der Waals surface area contributed by atoms with Gasteiger partial charge in [-0.2, -0.15) is 0 Å². The molecule has 0 saturated carbocycles.